The molecule has 0 aliphatic rings. The number of hydrogen-bond acceptors (Lipinski definition) is 5. The first-order valence-electron chi connectivity index (χ1n) is 9.46. The lowest BCUT2D eigenvalue weighted by Crippen LogP contribution is -2.13. The van der Waals surface area contributed by atoms with Gasteiger partial charge in [-0.15, -0.1) is 0 Å². The molecule has 2 aromatic heterocycles. The third kappa shape index (κ3) is 4.00. The van der Waals surface area contributed by atoms with Crippen molar-refractivity contribution < 1.29 is 9.53 Å². The Morgan fingerprint density at radius 2 is 2.03 bits per heavy atom. The highest BCUT2D eigenvalue weighted by atomic mass is 32.1. The van der Waals surface area contributed by atoms with E-state index in [9.17, 15) is 4.79 Å². The van der Waals surface area contributed by atoms with E-state index >= 15 is 0 Å². The second-order valence-electron chi connectivity index (χ2n) is 6.80. The number of amides is 1. The predicted octanol–water partition coefficient (Wildman–Crippen LogP) is 5.55. The summed E-state index contributed by atoms with van der Waals surface area (Å²) in [5.74, 6) is 0. The number of aromatic nitrogens is 3. The van der Waals surface area contributed by atoms with Crippen LogP contribution in [0.1, 0.15) is 23.7 Å². The fraction of sp³-hybridized carbons (Fsp3) is 0.227. The van der Waals surface area contributed by atoms with Gasteiger partial charge in [0.1, 0.15) is 16.6 Å². The summed E-state index contributed by atoms with van der Waals surface area (Å²) in [6.07, 6.45) is 1.33. The van der Waals surface area contributed by atoms with Crippen molar-refractivity contribution in [1.29, 1.82) is 0 Å². The minimum absolute atomic E-state index is 0.184. The minimum Gasteiger partial charge on any atom is -0.444 e. The van der Waals surface area contributed by atoms with Crippen LogP contribution in [0.5, 0.6) is 0 Å². The Morgan fingerprint density at radius 3 is 2.83 bits per heavy atom. The van der Waals surface area contributed by atoms with Crippen LogP contribution in [0.15, 0.2) is 48.8 Å². The summed E-state index contributed by atoms with van der Waals surface area (Å²) in [7, 11) is 0. The molecule has 1 N–H and O–H groups in total. The molecular weight excluding hydrogens is 384 g/mol. The third-order valence-electron chi connectivity index (χ3n) is 4.78. The zero-order chi connectivity index (χ0) is 20.4. The van der Waals surface area contributed by atoms with Crippen molar-refractivity contribution >= 4 is 33.5 Å². The van der Waals surface area contributed by atoms with Crippen molar-refractivity contribution in [3.8, 4) is 10.6 Å². The molecule has 29 heavy (non-hydrogen) atoms. The predicted molar refractivity (Wildman–Crippen MR) is 116 cm³/mol. The fourth-order valence-corrected chi connectivity index (χ4v) is 4.21. The molecule has 2 aromatic carbocycles. The van der Waals surface area contributed by atoms with Crippen molar-refractivity contribution in [3.05, 3.63) is 65.6 Å². The van der Waals surface area contributed by atoms with Crippen LogP contribution in [0.4, 0.5) is 9.80 Å². The summed E-state index contributed by atoms with van der Waals surface area (Å²) in [4.78, 5) is 21.3. The third-order valence-corrected chi connectivity index (χ3v) is 5.89. The van der Waals surface area contributed by atoms with Gasteiger partial charge in [0, 0.05) is 12.1 Å². The molecule has 0 aliphatic heterocycles. The van der Waals surface area contributed by atoms with Gasteiger partial charge in [-0.25, -0.2) is 14.8 Å². The Hall–Kier alpha value is -3.19. The van der Waals surface area contributed by atoms with E-state index in [-0.39, 0.29) is 6.61 Å². The van der Waals surface area contributed by atoms with Crippen LogP contribution in [0.25, 0.3) is 21.6 Å². The molecule has 6 nitrogen and oxygen atoms in total. The normalized spacial score (nSPS) is 11.0. The molecule has 0 atom stereocenters. The molecule has 4 aromatic rings. The standard InChI is InChI=1S/C22H22N4O2S/c1-4-26-13-23-18-11-16(9-10-19(18)26)12-28-22(27)25-20-15(3)24-21(29-20)17-8-6-5-7-14(17)2/h5-11,13H,4,12H2,1-3H3,(H,25,27). The van der Waals surface area contributed by atoms with E-state index in [1.54, 1.807) is 0 Å². The topological polar surface area (TPSA) is 69.0 Å². The van der Waals surface area contributed by atoms with Crippen LogP contribution in [0.2, 0.25) is 0 Å². The Labute approximate surface area is 173 Å². The van der Waals surface area contributed by atoms with E-state index < -0.39 is 6.09 Å². The highest BCUT2D eigenvalue weighted by Gasteiger charge is 2.14. The summed E-state index contributed by atoms with van der Waals surface area (Å²) in [6.45, 7) is 7.06. The van der Waals surface area contributed by atoms with Gasteiger partial charge in [-0.1, -0.05) is 41.7 Å². The number of thiazole rings is 1. The lowest BCUT2D eigenvalue weighted by Gasteiger charge is -2.06. The van der Waals surface area contributed by atoms with E-state index in [4.69, 9.17) is 4.74 Å². The summed E-state index contributed by atoms with van der Waals surface area (Å²) < 4.78 is 7.48. The average molecular weight is 407 g/mol. The number of rotatable bonds is 5. The average Bonchev–Trinajstić information content (AvgIpc) is 3.29. The van der Waals surface area contributed by atoms with Gasteiger partial charge < -0.3 is 9.30 Å². The molecular formula is C22H22N4O2S. The lowest BCUT2D eigenvalue weighted by atomic mass is 10.1. The number of carbonyl (C=O) groups is 1. The number of aryl methyl sites for hydroxylation is 3. The molecule has 0 spiro atoms. The maximum absolute atomic E-state index is 12.3. The van der Waals surface area contributed by atoms with Crippen LogP contribution in [0.3, 0.4) is 0 Å². The van der Waals surface area contributed by atoms with Crippen LogP contribution in [0, 0.1) is 13.8 Å². The van der Waals surface area contributed by atoms with Crippen molar-refractivity contribution in [1.82, 2.24) is 14.5 Å². The zero-order valence-corrected chi connectivity index (χ0v) is 17.4. The fourth-order valence-electron chi connectivity index (χ4n) is 3.17. The number of ether oxygens (including phenoxy) is 1. The second kappa shape index (κ2) is 8.05. The summed E-state index contributed by atoms with van der Waals surface area (Å²) in [5.41, 5.74) is 5.87. The Morgan fingerprint density at radius 1 is 1.21 bits per heavy atom. The molecule has 2 heterocycles. The zero-order valence-electron chi connectivity index (χ0n) is 16.6. The van der Waals surface area contributed by atoms with Crippen LogP contribution >= 0.6 is 11.3 Å². The Bertz CT molecular complexity index is 1180. The number of fused-ring (bicyclic) bond motifs is 1. The molecule has 4 rings (SSSR count). The largest absolute Gasteiger partial charge is 0.444 e. The molecule has 0 saturated heterocycles. The SMILES string of the molecule is CCn1cnc2cc(COC(=O)Nc3sc(-c4ccccc4C)nc3C)ccc21. The smallest absolute Gasteiger partial charge is 0.412 e. The first-order valence-corrected chi connectivity index (χ1v) is 10.3. The molecule has 7 heteroatoms. The highest BCUT2D eigenvalue weighted by molar-refractivity contribution is 7.19. The van der Waals surface area contributed by atoms with Gasteiger partial charge in [0.2, 0.25) is 0 Å². The lowest BCUT2D eigenvalue weighted by molar-refractivity contribution is 0.155. The summed E-state index contributed by atoms with van der Waals surface area (Å²) >= 11 is 1.45. The molecule has 0 bridgehead atoms. The molecule has 1 amide bonds. The van der Waals surface area contributed by atoms with E-state index in [0.717, 1.165) is 45.0 Å². The van der Waals surface area contributed by atoms with Gasteiger partial charge in [0.25, 0.3) is 0 Å². The number of imidazole rings is 1. The van der Waals surface area contributed by atoms with Gasteiger partial charge >= 0.3 is 6.09 Å². The first-order chi connectivity index (χ1) is 14.0. The Kier molecular flexibility index (Phi) is 5.31. The second-order valence-corrected chi connectivity index (χ2v) is 7.80. The number of benzene rings is 2. The van der Waals surface area contributed by atoms with Gasteiger partial charge in [0.05, 0.1) is 23.1 Å². The minimum atomic E-state index is -0.493. The molecule has 0 saturated carbocycles. The summed E-state index contributed by atoms with van der Waals surface area (Å²) in [5, 5.41) is 4.40. The maximum atomic E-state index is 12.3. The monoisotopic (exact) mass is 406 g/mol. The van der Waals surface area contributed by atoms with E-state index in [1.165, 1.54) is 11.3 Å². The van der Waals surface area contributed by atoms with E-state index in [1.807, 2.05) is 62.6 Å². The number of hydrogen-bond donors (Lipinski definition) is 1. The molecule has 0 radical (unpaired) electrons. The number of carbonyl (C=O) groups excluding carboxylic acids is 1. The van der Waals surface area contributed by atoms with E-state index in [2.05, 4.69) is 26.8 Å². The first kappa shape index (κ1) is 19.1. The highest BCUT2D eigenvalue weighted by Crippen LogP contribution is 2.33. The van der Waals surface area contributed by atoms with E-state index in [0.29, 0.717) is 5.00 Å². The molecule has 0 aliphatic carbocycles. The van der Waals surface area contributed by atoms with Crippen LogP contribution in [-0.4, -0.2) is 20.6 Å². The van der Waals surface area contributed by atoms with Crippen LogP contribution < -0.4 is 5.32 Å². The molecule has 148 valence electrons. The van der Waals surface area contributed by atoms with Gasteiger partial charge in [-0.2, -0.15) is 0 Å². The van der Waals surface area contributed by atoms with Crippen molar-refractivity contribution in [2.24, 2.45) is 0 Å². The number of nitrogens with zero attached hydrogens (tertiary/aromatic N) is 3. The molecule has 0 fully saturated rings. The Balaban J connectivity index is 1.42. The van der Waals surface area contributed by atoms with Gasteiger partial charge in [-0.3, -0.25) is 5.32 Å². The number of nitrogens with one attached hydrogen (secondary N) is 1. The van der Waals surface area contributed by atoms with Crippen molar-refractivity contribution in [2.75, 3.05) is 5.32 Å². The van der Waals surface area contributed by atoms with Crippen LogP contribution in [-0.2, 0) is 17.9 Å². The van der Waals surface area contributed by atoms with Gasteiger partial charge in [-0.05, 0) is 44.0 Å². The van der Waals surface area contributed by atoms with Crippen molar-refractivity contribution in [3.63, 3.8) is 0 Å². The number of anilines is 1. The summed E-state index contributed by atoms with van der Waals surface area (Å²) in [6, 6.07) is 14.0. The van der Waals surface area contributed by atoms with Gasteiger partial charge in [0.15, 0.2) is 0 Å². The molecule has 0 unspecified atom stereocenters. The quantitative estimate of drug-likeness (QED) is 0.472. The van der Waals surface area contributed by atoms with Crippen molar-refractivity contribution in [2.45, 2.75) is 33.9 Å². The maximum Gasteiger partial charge on any atom is 0.412 e.